The van der Waals surface area contributed by atoms with E-state index in [1.54, 1.807) is 31.3 Å². The van der Waals surface area contributed by atoms with Crippen molar-refractivity contribution in [2.75, 3.05) is 92.4 Å². The van der Waals surface area contributed by atoms with Crippen molar-refractivity contribution in [3.05, 3.63) is 87.7 Å². The van der Waals surface area contributed by atoms with Gasteiger partial charge in [0, 0.05) is 109 Å². The van der Waals surface area contributed by atoms with Crippen LogP contribution in [-0.4, -0.2) is 120 Å². The molecule has 0 aliphatic carbocycles. The molecule has 4 fully saturated rings. The fraction of sp³-hybridized carbons (Fsp3) is 0.462. The van der Waals surface area contributed by atoms with E-state index >= 15 is 8.78 Å². The molecule has 14 nitrogen and oxygen atoms in total. The lowest BCUT2D eigenvalue weighted by Gasteiger charge is -2.43. The lowest BCUT2D eigenvalue weighted by molar-refractivity contribution is -0.134. The van der Waals surface area contributed by atoms with Crippen LogP contribution in [0.4, 0.5) is 43.3 Å². The van der Waals surface area contributed by atoms with Crippen molar-refractivity contribution >= 4 is 103 Å². The SMILES string of the molecule is CCc1cc(Nc2ncc(Br)c(Nc3ccc4nc(C)ccc4c3P(C)(C)=O)n2)c(SC)cc1N1CCC(N2CCN(CCC3CCN(c4cc(F)c(C5CCC(=O)NC5=O)c(F)c4)CC3)CC2)CC1=O. The van der Waals surface area contributed by atoms with Gasteiger partial charge in [0.2, 0.25) is 23.7 Å². The zero-order valence-corrected chi connectivity index (χ0v) is 44.3. The van der Waals surface area contributed by atoms with Crippen LogP contribution in [0.3, 0.4) is 0 Å². The van der Waals surface area contributed by atoms with Gasteiger partial charge in [-0.25, -0.2) is 13.8 Å². The molecule has 3 N–H and O–H groups in total. The number of amides is 3. The van der Waals surface area contributed by atoms with Crippen LogP contribution < -0.4 is 31.1 Å². The smallest absolute Gasteiger partial charge is 0.234 e. The monoisotopic (exact) mass is 1070 g/mol. The van der Waals surface area contributed by atoms with Gasteiger partial charge in [-0.1, -0.05) is 13.0 Å². The van der Waals surface area contributed by atoms with Crippen LogP contribution >= 0.6 is 34.8 Å². The van der Waals surface area contributed by atoms with Gasteiger partial charge in [0.1, 0.15) is 24.6 Å². The number of hydrogen-bond donors (Lipinski definition) is 3. The largest absolute Gasteiger partial charge is 0.371 e. The third kappa shape index (κ3) is 11.3. The summed E-state index contributed by atoms with van der Waals surface area (Å²) in [4.78, 5) is 62.0. The number of rotatable bonds is 14. The Labute approximate surface area is 427 Å². The molecule has 4 saturated heterocycles. The van der Waals surface area contributed by atoms with E-state index in [-0.39, 0.29) is 30.4 Å². The standard InChI is InChI=1S/C52H62BrF2N10O4PS/c1-6-33-25-43(59-52-56-30-38(53)50(61-52)58-42-11-10-41-36(8-7-31(2)57-41)49(42)70(3,4)69)45(71-5)29-44(33)65-20-16-34(28-47(65)67)64-23-21-62(22-24-64)17-13-32-14-18-63(19-15-32)35-26-39(54)48(40(55)27-35)37-9-12-46(66)60-51(37)68/h7-8,10-11,25-27,29-30,32,34,37H,6,9,12-24,28H2,1-5H3,(H,60,66,68)(H2,56,58,59,61). The molecule has 3 aromatic carbocycles. The second-order valence-electron chi connectivity index (χ2n) is 19.6. The Kier molecular flexibility index (Phi) is 15.5. The number of nitrogens with one attached hydrogen (secondary N) is 3. The van der Waals surface area contributed by atoms with Crippen LogP contribution in [0.2, 0.25) is 0 Å². The number of piperazine rings is 1. The van der Waals surface area contributed by atoms with E-state index < -0.39 is 36.5 Å². The molecule has 71 heavy (non-hydrogen) atoms. The average Bonchev–Trinajstić information content (AvgIpc) is 3.34. The first-order chi connectivity index (χ1) is 34.1. The molecular weight excluding hydrogens is 1010 g/mol. The Morgan fingerprint density at radius 1 is 0.887 bits per heavy atom. The van der Waals surface area contributed by atoms with Gasteiger partial charge in [0.25, 0.3) is 0 Å². The lowest BCUT2D eigenvalue weighted by atomic mass is 9.89. The molecule has 0 saturated carbocycles. The van der Waals surface area contributed by atoms with Crippen LogP contribution in [0.25, 0.3) is 10.9 Å². The second-order valence-corrected chi connectivity index (χ2v) is 24.5. The number of aryl methyl sites for hydroxylation is 2. The van der Waals surface area contributed by atoms with Gasteiger partial charge in [0.15, 0.2) is 0 Å². The van der Waals surface area contributed by atoms with Crippen molar-refractivity contribution in [1.82, 2.24) is 30.1 Å². The number of anilines is 6. The minimum Gasteiger partial charge on any atom is -0.371 e. The number of nitrogens with zero attached hydrogens (tertiary/aromatic N) is 7. The molecule has 4 aliphatic rings. The molecular formula is C52H62BrF2N10O4PS. The number of imide groups is 1. The minimum atomic E-state index is -2.75. The van der Waals surface area contributed by atoms with Crippen molar-refractivity contribution in [1.29, 1.82) is 0 Å². The number of piperidine rings is 3. The summed E-state index contributed by atoms with van der Waals surface area (Å²) in [5, 5.41) is 10.6. The third-order valence-electron chi connectivity index (χ3n) is 14.6. The fourth-order valence-electron chi connectivity index (χ4n) is 10.8. The summed E-state index contributed by atoms with van der Waals surface area (Å²) in [6, 6.07) is 14.8. The van der Waals surface area contributed by atoms with Crippen LogP contribution in [0.5, 0.6) is 0 Å². The molecule has 4 aliphatic heterocycles. The summed E-state index contributed by atoms with van der Waals surface area (Å²) in [5.41, 5.74) is 5.45. The van der Waals surface area contributed by atoms with Crippen molar-refractivity contribution < 1.29 is 27.7 Å². The van der Waals surface area contributed by atoms with E-state index in [9.17, 15) is 18.9 Å². The zero-order chi connectivity index (χ0) is 50.1. The van der Waals surface area contributed by atoms with E-state index in [0.717, 1.165) is 103 Å². The minimum absolute atomic E-state index is 0.0608. The van der Waals surface area contributed by atoms with E-state index in [4.69, 9.17) is 4.98 Å². The molecule has 3 amide bonds. The summed E-state index contributed by atoms with van der Waals surface area (Å²) in [7, 11) is -2.75. The first-order valence-electron chi connectivity index (χ1n) is 24.6. The highest BCUT2D eigenvalue weighted by Gasteiger charge is 2.35. The molecule has 2 atom stereocenters. The van der Waals surface area contributed by atoms with E-state index in [0.29, 0.717) is 64.9 Å². The van der Waals surface area contributed by atoms with Gasteiger partial charge < -0.3 is 29.9 Å². The van der Waals surface area contributed by atoms with Crippen LogP contribution in [-0.2, 0) is 25.4 Å². The summed E-state index contributed by atoms with van der Waals surface area (Å²) in [6.45, 7) is 14.4. The first kappa shape index (κ1) is 50.9. The Morgan fingerprint density at radius 2 is 1.63 bits per heavy atom. The topological polar surface area (TPSA) is 156 Å². The zero-order valence-electron chi connectivity index (χ0n) is 41.0. The number of carbonyl (C=O) groups is 3. The van der Waals surface area contributed by atoms with Crippen molar-refractivity contribution in [3.8, 4) is 0 Å². The van der Waals surface area contributed by atoms with Crippen LogP contribution in [0, 0.1) is 24.5 Å². The summed E-state index contributed by atoms with van der Waals surface area (Å²) < 4.78 is 44.8. The molecule has 2 aromatic heterocycles. The molecule has 0 radical (unpaired) electrons. The molecule has 19 heteroatoms. The third-order valence-corrected chi connectivity index (χ3v) is 17.6. The predicted molar refractivity (Wildman–Crippen MR) is 284 cm³/mol. The quantitative estimate of drug-likeness (QED) is 0.0550. The molecule has 0 bridgehead atoms. The number of pyridine rings is 1. The summed E-state index contributed by atoms with van der Waals surface area (Å²) in [5.74, 6) is -1.98. The van der Waals surface area contributed by atoms with Crippen molar-refractivity contribution in [3.63, 3.8) is 0 Å². The van der Waals surface area contributed by atoms with Gasteiger partial charge in [-0.05, 0) is 141 Å². The Morgan fingerprint density at radius 3 is 2.31 bits per heavy atom. The highest BCUT2D eigenvalue weighted by molar-refractivity contribution is 9.10. The Bertz CT molecular complexity index is 2890. The summed E-state index contributed by atoms with van der Waals surface area (Å²) >= 11 is 5.21. The van der Waals surface area contributed by atoms with Gasteiger partial charge in [-0.3, -0.25) is 29.6 Å². The van der Waals surface area contributed by atoms with Gasteiger partial charge in [0.05, 0.1) is 27.3 Å². The highest BCUT2D eigenvalue weighted by Crippen LogP contribution is 2.43. The maximum absolute atomic E-state index is 15.2. The molecule has 9 rings (SSSR count). The van der Waals surface area contributed by atoms with E-state index in [1.165, 1.54) is 12.1 Å². The summed E-state index contributed by atoms with van der Waals surface area (Å²) in [6.07, 6.45) is 8.92. The molecule has 6 heterocycles. The fourth-order valence-corrected chi connectivity index (χ4v) is 13.1. The van der Waals surface area contributed by atoms with Gasteiger partial charge >= 0.3 is 0 Å². The molecule has 376 valence electrons. The second kappa shape index (κ2) is 21.6. The maximum atomic E-state index is 15.2. The predicted octanol–water partition coefficient (Wildman–Crippen LogP) is 9.33. The van der Waals surface area contributed by atoms with Crippen molar-refractivity contribution in [2.45, 2.75) is 82.1 Å². The number of thioether (sulfide) groups is 1. The number of aromatic nitrogens is 3. The normalized spacial score (nSPS) is 19.9. The Balaban J connectivity index is 0.767. The van der Waals surface area contributed by atoms with E-state index in [1.807, 2.05) is 47.2 Å². The highest BCUT2D eigenvalue weighted by atomic mass is 79.9. The number of fused-ring (bicyclic) bond motifs is 1. The lowest BCUT2D eigenvalue weighted by Crippen LogP contribution is -2.54. The first-order valence-corrected chi connectivity index (χ1v) is 29.3. The molecule has 2 unspecified atom stereocenters. The Hall–Kier alpha value is -5.00. The van der Waals surface area contributed by atoms with Crippen LogP contribution in [0.15, 0.2) is 64.1 Å². The number of benzene rings is 3. The molecule has 0 spiro atoms. The van der Waals surface area contributed by atoms with Crippen LogP contribution in [0.1, 0.15) is 74.6 Å². The average molecular weight is 1070 g/mol. The molecule has 5 aromatic rings. The maximum Gasteiger partial charge on any atom is 0.234 e. The van der Waals surface area contributed by atoms with Gasteiger partial charge in [-0.2, -0.15) is 4.98 Å². The number of halogens is 3. The number of carbonyl (C=O) groups excluding carboxylic acids is 3. The number of hydrogen-bond acceptors (Lipinski definition) is 13. The van der Waals surface area contributed by atoms with Gasteiger partial charge in [-0.15, -0.1) is 11.8 Å². The van der Waals surface area contributed by atoms with Crippen molar-refractivity contribution in [2.24, 2.45) is 5.92 Å². The van der Waals surface area contributed by atoms with E-state index in [2.05, 4.69) is 70.7 Å².